The summed E-state index contributed by atoms with van der Waals surface area (Å²) in [6.07, 6.45) is 1.65. The first kappa shape index (κ1) is 18.0. The van der Waals surface area contributed by atoms with Crippen LogP contribution in [0.15, 0.2) is 41.9 Å². The van der Waals surface area contributed by atoms with Gasteiger partial charge in [-0.05, 0) is 36.2 Å². The first-order valence-corrected chi connectivity index (χ1v) is 10.4. The molecule has 140 valence electrons. The molecule has 1 saturated heterocycles. The minimum atomic E-state index is -0.178. The molecule has 3 N–H and O–H groups in total. The standard InChI is InChI=1S/C19H21N5OS2/c1-23-6-8-24(9-7-23)19-21-12-17(27-19)18(25)22-15-11-13(4-5-14(15)20)16-3-2-10-26-16/h2-5,10-12H,6-9,20H2,1H3,(H,22,25). The van der Waals surface area contributed by atoms with Gasteiger partial charge in [0.25, 0.3) is 5.91 Å². The third-order valence-electron chi connectivity index (χ3n) is 4.60. The lowest BCUT2D eigenvalue weighted by Crippen LogP contribution is -2.44. The lowest BCUT2D eigenvalue weighted by atomic mass is 10.1. The van der Waals surface area contributed by atoms with E-state index in [9.17, 15) is 4.79 Å². The molecule has 3 heterocycles. The Morgan fingerprint density at radius 3 is 2.78 bits per heavy atom. The second-order valence-electron chi connectivity index (χ2n) is 6.53. The fourth-order valence-electron chi connectivity index (χ4n) is 2.96. The second kappa shape index (κ2) is 7.67. The summed E-state index contributed by atoms with van der Waals surface area (Å²) in [6.45, 7) is 3.88. The van der Waals surface area contributed by atoms with Gasteiger partial charge in [0, 0.05) is 31.1 Å². The van der Waals surface area contributed by atoms with Crippen LogP contribution in [-0.4, -0.2) is 49.0 Å². The number of hydrogen-bond donors (Lipinski definition) is 2. The van der Waals surface area contributed by atoms with Crippen LogP contribution < -0.4 is 16.0 Å². The number of thiophene rings is 1. The molecule has 0 saturated carbocycles. The maximum atomic E-state index is 12.7. The predicted octanol–water partition coefficient (Wildman–Crippen LogP) is 3.46. The number of rotatable bonds is 4. The lowest BCUT2D eigenvalue weighted by molar-refractivity contribution is 0.103. The molecule has 1 aromatic carbocycles. The summed E-state index contributed by atoms with van der Waals surface area (Å²) >= 11 is 3.08. The number of hydrogen-bond acceptors (Lipinski definition) is 7. The maximum absolute atomic E-state index is 12.7. The molecule has 1 aliphatic rings. The zero-order valence-electron chi connectivity index (χ0n) is 15.0. The molecule has 1 fully saturated rings. The average molecular weight is 400 g/mol. The van der Waals surface area contributed by atoms with Crippen molar-refractivity contribution in [1.82, 2.24) is 9.88 Å². The van der Waals surface area contributed by atoms with Gasteiger partial charge in [-0.1, -0.05) is 23.5 Å². The van der Waals surface area contributed by atoms with Crippen LogP contribution in [0.4, 0.5) is 16.5 Å². The largest absolute Gasteiger partial charge is 0.397 e. The summed E-state index contributed by atoms with van der Waals surface area (Å²) in [5.41, 5.74) is 8.28. The number of nitrogens with two attached hydrogens (primary N) is 1. The van der Waals surface area contributed by atoms with Crippen LogP contribution in [0.3, 0.4) is 0 Å². The number of nitrogen functional groups attached to an aromatic ring is 1. The Balaban J connectivity index is 1.49. The molecule has 1 aliphatic heterocycles. The van der Waals surface area contributed by atoms with Crippen molar-refractivity contribution in [2.75, 3.05) is 49.2 Å². The molecule has 4 rings (SSSR count). The lowest BCUT2D eigenvalue weighted by Gasteiger charge is -2.32. The molecule has 2 aromatic heterocycles. The Hall–Kier alpha value is -2.42. The number of carbonyl (C=O) groups is 1. The Bertz CT molecular complexity index is 929. The van der Waals surface area contributed by atoms with Gasteiger partial charge < -0.3 is 20.9 Å². The number of benzene rings is 1. The topological polar surface area (TPSA) is 74.5 Å². The van der Waals surface area contributed by atoms with Crippen molar-refractivity contribution < 1.29 is 4.79 Å². The van der Waals surface area contributed by atoms with Crippen molar-refractivity contribution in [3.05, 3.63) is 46.8 Å². The quantitative estimate of drug-likeness (QED) is 0.657. The zero-order chi connectivity index (χ0) is 18.8. The van der Waals surface area contributed by atoms with Crippen molar-refractivity contribution in [1.29, 1.82) is 0 Å². The molecule has 0 aliphatic carbocycles. The number of amides is 1. The fraction of sp³-hybridized carbons (Fsp3) is 0.263. The number of anilines is 3. The van der Waals surface area contributed by atoms with Crippen molar-refractivity contribution in [2.45, 2.75) is 0 Å². The van der Waals surface area contributed by atoms with Crippen molar-refractivity contribution in [3.8, 4) is 10.4 Å². The van der Waals surface area contributed by atoms with Gasteiger partial charge in [0.15, 0.2) is 5.13 Å². The van der Waals surface area contributed by atoms with Crippen LogP contribution in [0, 0.1) is 0 Å². The van der Waals surface area contributed by atoms with E-state index in [0.717, 1.165) is 41.8 Å². The molecule has 0 unspecified atom stereocenters. The highest BCUT2D eigenvalue weighted by Gasteiger charge is 2.19. The molecular formula is C19H21N5OS2. The van der Waals surface area contributed by atoms with E-state index in [2.05, 4.69) is 27.1 Å². The molecule has 8 heteroatoms. The number of thiazole rings is 1. The first-order chi connectivity index (χ1) is 13.1. The SMILES string of the molecule is CN1CCN(c2ncc(C(=O)Nc3cc(-c4cccs4)ccc3N)s2)CC1. The molecule has 0 spiro atoms. The van der Waals surface area contributed by atoms with Crippen LogP contribution in [0.5, 0.6) is 0 Å². The Kier molecular flexibility index (Phi) is 5.11. The third kappa shape index (κ3) is 3.97. The Morgan fingerprint density at radius 2 is 2.04 bits per heavy atom. The summed E-state index contributed by atoms with van der Waals surface area (Å²) in [5.74, 6) is -0.178. The van der Waals surface area contributed by atoms with E-state index in [1.165, 1.54) is 11.3 Å². The zero-order valence-corrected chi connectivity index (χ0v) is 16.6. The van der Waals surface area contributed by atoms with Crippen molar-refractivity contribution >= 4 is 45.1 Å². The molecule has 0 radical (unpaired) electrons. The van der Waals surface area contributed by atoms with E-state index in [1.807, 2.05) is 35.7 Å². The van der Waals surface area contributed by atoms with E-state index in [1.54, 1.807) is 17.5 Å². The van der Waals surface area contributed by atoms with Gasteiger partial charge in [0.2, 0.25) is 0 Å². The Morgan fingerprint density at radius 1 is 1.22 bits per heavy atom. The highest BCUT2D eigenvalue weighted by Crippen LogP contribution is 2.31. The van der Waals surface area contributed by atoms with Gasteiger partial charge in [-0.2, -0.15) is 0 Å². The van der Waals surface area contributed by atoms with E-state index < -0.39 is 0 Å². The minimum Gasteiger partial charge on any atom is -0.397 e. The summed E-state index contributed by atoms with van der Waals surface area (Å²) in [7, 11) is 2.12. The average Bonchev–Trinajstić information content (AvgIpc) is 3.36. The van der Waals surface area contributed by atoms with E-state index in [0.29, 0.717) is 16.3 Å². The molecule has 27 heavy (non-hydrogen) atoms. The third-order valence-corrected chi connectivity index (χ3v) is 6.57. The van der Waals surface area contributed by atoms with Crippen LogP contribution in [-0.2, 0) is 0 Å². The van der Waals surface area contributed by atoms with Crippen LogP contribution >= 0.6 is 22.7 Å². The number of nitrogens with one attached hydrogen (secondary N) is 1. The van der Waals surface area contributed by atoms with Crippen LogP contribution in [0.1, 0.15) is 9.67 Å². The summed E-state index contributed by atoms with van der Waals surface area (Å²) < 4.78 is 0. The number of carbonyl (C=O) groups excluding carboxylic acids is 1. The molecule has 3 aromatic rings. The summed E-state index contributed by atoms with van der Waals surface area (Å²) in [4.78, 5) is 23.4. The van der Waals surface area contributed by atoms with Crippen LogP contribution in [0.25, 0.3) is 10.4 Å². The second-order valence-corrected chi connectivity index (χ2v) is 8.49. The molecular weight excluding hydrogens is 378 g/mol. The van der Waals surface area contributed by atoms with Gasteiger partial charge >= 0.3 is 0 Å². The molecule has 0 atom stereocenters. The van der Waals surface area contributed by atoms with Gasteiger partial charge in [-0.25, -0.2) is 4.98 Å². The van der Waals surface area contributed by atoms with E-state index >= 15 is 0 Å². The fourth-order valence-corrected chi connectivity index (χ4v) is 4.55. The minimum absolute atomic E-state index is 0.178. The van der Waals surface area contributed by atoms with E-state index in [4.69, 9.17) is 5.73 Å². The monoisotopic (exact) mass is 399 g/mol. The summed E-state index contributed by atoms with van der Waals surface area (Å²) in [5, 5.41) is 5.86. The van der Waals surface area contributed by atoms with Crippen LogP contribution in [0.2, 0.25) is 0 Å². The van der Waals surface area contributed by atoms with E-state index in [-0.39, 0.29) is 5.91 Å². The highest BCUT2D eigenvalue weighted by atomic mass is 32.1. The van der Waals surface area contributed by atoms with Gasteiger partial charge in [0.1, 0.15) is 4.88 Å². The number of nitrogens with zero attached hydrogens (tertiary/aromatic N) is 3. The molecule has 1 amide bonds. The van der Waals surface area contributed by atoms with Crippen molar-refractivity contribution in [2.24, 2.45) is 0 Å². The normalized spacial score (nSPS) is 15.1. The summed E-state index contributed by atoms with van der Waals surface area (Å²) in [6, 6.07) is 9.77. The number of piperazine rings is 1. The van der Waals surface area contributed by atoms with Crippen molar-refractivity contribution in [3.63, 3.8) is 0 Å². The van der Waals surface area contributed by atoms with Gasteiger partial charge in [0.05, 0.1) is 17.6 Å². The predicted molar refractivity (Wildman–Crippen MR) is 114 cm³/mol. The van der Waals surface area contributed by atoms with Gasteiger partial charge in [-0.3, -0.25) is 4.79 Å². The van der Waals surface area contributed by atoms with Gasteiger partial charge in [-0.15, -0.1) is 11.3 Å². The molecule has 0 bridgehead atoms. The molecule has 6 nitrogen and oxygen atoms in total. The first-order valence-electron chi connectivity index (χ1n) is 8.74. The Labute approximate surface area is 166 Å². The maximum Gasteiger partial charge on any atom is 0.267 e. The number of likely N-dealkylation sites (N-methyl/N-ethyl adjacent to an activating group) is 1. The highest BCUT2D eigenvalue weighted by molar-refractivity contribution is 7.17. The number of aromatic nitrogens is 1. The smallest absolute Gasteiger partial charge is 0.267 e.